The van der Waals surface area contributed by atoms with Crippen LogP contribution in [0.1, 0.15) is 18.1 Å². The molecule has 0 amide bonds. The zero-order valence-electron chi connectivity index (χ0n) is 7.59. The Labute approximate surface area is 73.3 Å². The van der Waals surface area contributed by atoms with E-state index in [-0.39, 0.29) is 0 Å². The zero-order valence-corrected chi connectivity index (χ0v) is 7.59. The molecule has 0 aromatic carbocycles. The van der Waals surface area contributed by atoms with Gasteiger partial charge in [0.2, 0.25) is 0 Å². The molecule has 1 aromatic heterocycles. The van der Waals surface area contributed by atoms with E-state index in [0.717, 1.165) is 17.9 Å². The second-order valence-electron chi connectivity index (χ2n) is 2.62. The predicted octanol–water partition coefficient (Wildman–Crippen LogP) is 2.46. The van der Waals surface area contributed by atoms with Crippen LogP contribution in [0.2, 0.25) is 0 Å². The van der Waals surface area contributed by atoms with Crippen LogP contribution in [0.3, 0.4) is 0 Å². The number of nitrogens with one attached hydrogen (secondary N) is 1. The number of rotatable bonds is 3. The van der Waals surface area contributed by atoms with E-state index >= 15 is 0 Å². The van der Waals surface area contributed by atoms with Gasteiger partial charge < -0.3 is 5.32 Å². The van der Waals surface area contributed by atoms with Gasteiger partial charge in [-0.1, -0.05) is 12.7 Å². The molecule has 12 heavy (non-hydrogen) atoms. The van der Waals surface area contributed by atoms with Gasteiger partial charge in [-0.2, -0.15) is 0 Å². The van der Waals surface area contributed by atoms with Crippen LogP contribution in [0.5, 0.6) is 0 Å². The van der Waals surface area contributed by atoms with Crippen LogP contribution in [-0.2, 0) is 0 Å². The molecule has 1 rings (SSSR count). The van der Waals surface area contributed by atoms with Crippen molar-refractivity contribution in [2.24, 2.45) is 0 Å². The summed E-state index contributed by atoms with van der Waals surface area (Å²) in [6.45, 7) is 8.75. The van der Waals surface area contributed by atoms with Gasteiger partial charge in [-0.15, -0.1) is 0 Å². The van der Waals surface area contributed by atoms with Crippen molar-refractivity contribution in [1.29, 1.82) is 0 Å². The standard InChI is InChI=1S/C10H14N2/c1-4-9-8(3)6-7-12-10(9)11-5-2/h4,6-7H,1,5H2,2-3H3,(H,11,12). The molecule has 0 aliphatic heterocycles. The molecule has 0 saturated heterocycles. The van der Waals surface area contributed by atoms with Crippen molar-refractivity contribution >= 4 is 11.9 Å². The minimum absolute atomic E-state index is 0.886. The van der Waals surface area contributed by atoms with Crippen molar-refractivity contribution < 1.29 is 0 Å². The Bertz CT molecular complexity index is 279. The van der Waals surface area contributed by atoms with Gasteiger partial charge in [0.1, 0.15) is 5.82 Å². The van der Waals surface area contributed by atoms with Gasteiger partial charge in [-0.3, -0.25) is 0 Å². The molecule has 2 nitrogen and oxygen atoms in total. The Morgan fingerprint density at radius 3 is 3.00 bits per heavy atom. The van der Waals surface area contributed by atoms with E-state index < -0.39 is 0 Å². The van der Waals surface area contributed by atoms with E-state index in [9.17, 15) is 0 Å². The molecule has 0 unspecified atom stereocenters. The van der Waals surface area contributed by atoms with Crippen LogP contribution < -0.4 is 5.32 Å². The van der Waals surface area contributed by atoms with Crippen molar-refractivity contribution in [3.05, 3.63) is 30.0 Å². The molecule has 0 atom stereocenters. The quantitative estimate of drug-likeness (QED) is 0.738. The first-order valence-electron chi connectivity index (χ1n) is 4.11. The third kappa shape index (κ3) is 1.64. The molecule has 0 spiro atoms. The van der Waals surface area contributed by atoms with Gasteiger partial charge in [0.25, 0.3) is 0 Å². The summed E-state index contributed by atoms with van der Waals surface area (Å²) < 4.78 is 0. The summed E-state index contributed by atoms with van der Waals surface area (Å²) in [7, 11) is 0. The van der Waals surface area contributed by atoms with Gasteiger partial charge in [0.15, 0.2) is 0 Å². The van der Waals surface area contributed by atoms with Crippen LogP contribution in [0.25, 0.3) is 6.08 Å². The normalized spacial score (nSPS) is 9.50. The lowest BCUT2D eigenvalue weighted by atomic mass is 10.1. The molecule has 0 fully saturated rings. The first-order chi connectivity index (χ1) is 5.79. The van der Waals surface area contributed by atoms with Crippen LogP contribution in [-0.4, -0.2) is 11.5 Å². The third-order valence-corrected chi connectivity index (χ3v) is 1.76. The fourth-order valence-corrected chi connectivity index (χ4v) is 1.14. The maximum atomic E-state index is 4.22. The van der Waals surface area contributed by atoms with E-state index in [2.05, 4.69) is 30.7 Å². The predicted molar refractivity (Wildman–Crippen MR) is 53.2 cm³/mol. The summed E-state index contributed by atoms with van der Waals surface area (Å²) in [5.74, 6) is 0.924. The Morgan fingerprint density at radius 1 is 1.67 bits per heavy atom. The molecule has 1 aromatic rings. The summed E-state index contributed by atoms with van der Waals surface area (Å²) in [4.78, 5) is 4.22. The molecule has 0 radical (unpaired) electrons. The van der Waals surface area contributed by atoms with E-state index in [0.29, 0.717) is 0 Å². The highest BCUT2D eigenvalue weighted by Crippen LogP contribution is 2.16. The molecule has 0 aliphatic rings. The average Bonchev–Trinajstić information content (AvgIpc) is 2.05. The summed E-state index contributed by atoms with van der Waals surface area (Å²) in [6.07, 6.45) is 3.64. The number of anilines is 1. The first kappa shape index (κ1) is 8.78. The van der Waals surface area contributed by atoms with E-state index in [1.807, 2.05) is 12.1 Å². The monoisotopic (exact) mass is 162 g/mol. The van der Waals surface area contributed by atoms with Gasteiger partial charge >= 0.3 is 0 Å². The number of hydrogen-bond donors (Lipinski definition) is 1. The van der Waals surface area contributed by atoms with E-state index in [1.165, 1.54) is 5.56 Å². The highest BCUT2D eigenvalue weighted by atomic mass is 15.0. The molecular formula is C10H14N2. The number of hydrogen-bond acceptors (Lipinski definition) is 2. The minimum atomic E-state index is 0.886. The van der Waals surface area contributed by atoms with Crippen LogP contribution in [0.4, 0.5) is 5.82 Å². The number of aromatic nitrogens is 1. The van der Waals surface area contributed by atoms with Crippen LogP contribution >= 0.6 is 0 Å². The molecule has 1 heterocycles. The lowest BCUT2D eigenvalue weighted by molar-refractivity contribution is 1.14. The first-order valence-corrected chi connectivity index (χ1v) is 4.11. The van der Waals surface area contributed by atoms with Gasteiger partial charge in [-0.05, 0) is 25.5 Å². The summed E-state index contributed by atoms with van der Waals surface area (Å²) in [5, 5.41) is 3.19. The molecular weight excluding hydrogens is 148 g/mol. The summed E-state index contributed by atoms with van der Waals surface area (Å²) in [5.41, 5.74) is 2.30. The largest absolute Gasteiger partial charge is 0.370 e. The summed E-state index contributed by atoms with van der Waals surface area (Å²) >= 11 is 0. The minimum Gasteiger partial charge on any atom is -0.370 e. The Kier molecular flexibility index (Phi) is 2.86. The maximum Gasteiger partial charge on any atom is 0.133 e. The molecule has 1 N–H and O–H groups in total. The SMILES string of the molecule is C=Cc1c(C)ccnc1NCC. The molecule has 2 heteroatoms. The molecule has 64 valence electrons. The second-order valence-corrected chi connectivity index (χ2v) is 2.62. The highest BCUT2D eigenvalue weighted by molar-refractivity contribution is 5.64. The smallest absolute Gasteiger partial charge is 0.133 e. The average molecular weight is 162 g/mol. The van der Waals surface area contributed by atoms with Crippen molar-refractivity contribution in [2.75, 3.05) is 11.9 Å². The Morgan fingerprint density at radius 2 is 2.42 bits per heavy atom. The number of aryl methyl sites for hydroxylation is 1. The van der Waals surface area contributed by atoms with E-state index in [1.54, 1.807) is 6.20 Å². The van der Waals surface area contributed by atoms with Crippen molar-refractivity contribution in [3.8, 4) is 0 Å². The zero-order chi connectivity index (χ0) is 8.97. The summed E-state index contributed by atoms with van der Waals surface area (Å²) in [6, 6.07) is 1.98. The van der Waals surface area contributed by atoms with Crippen LogP contribution in [0.15, 0.2) is 18.8 Å². The molecule has 0 bridgehead atoms. The maximum absolute atomic E-state index is 4.22. The van der Waals surface area contributed by atoms with Gasteiger partial charge in [-0.25, -0.2) is 4.98 Å². The highest BCUT2D eigenvalue weighted by Gasteiger charge is 2.00. The fourth-order valence-electron chi connectivity index (χ4n) is 1.14. The topological polar surface area (TPSA) is 24.9 Å². The lowest BCUT2D eigenvalue weighted by Crippen LogP contribution is -2.02. The third-order valence-electron chi connectivity index (χ3n) is 1.76. The van der Waals surface area contributed by atoms with Crippen molar-refractivity contribution in [3.63, 3.8) is 0 Å². The van der Waals surface area contributed by atoms with Gasteiger partial charge in [0.05, 0.1) is 0 Å². The Balaban J connectivity index is 3.09. The number of pyridine rings is 1. The van der Waals surface area contributed by atoms with Crippen molar-refractivity contribution in [1.82, 2.24) is 4.98 Å². The lowest BCUT2D eigenvalue weighted by Gasteiger charge is -2.07. The Hall–Kier alpha value is -1.31. The van der Waals surface area contributed by atoms with Crippen molar-refractivity contribution in [2.45, 2.75) is 13.8 Å². The second kappa shape index (κ2) is 3.90. The van der Waals surface area contributed by atoms with E-state index in [4.69, 9.17) is 0 Å². The molecule has 0 saturated carbocycles. The molecule has 0 aliphatic carbocycles. The van der Waals surface area contributed by atoms with Crippen LogP contribution in [0, 0.1) is 6.92 Å². The number of nitrogens with zero attached hydrogens (tertiary/aromatic N) is 1. The van der Waals surface area contributed by atoms with Gasteiger partial charge in [0, 0.05) is 18.3 Å². The fraction of sp³-hybridized carbons (Fsp3) is 0.300.